The maximum Gasteiger partial charge on any atom is 0.225 e. The highest BCUT2D eigenvalue weighted by molar-refractivity contribution is 14.1. The fraction of sp³-hybridized carbons (Fsp3) is 0.0833. The van der Waals surface area contributed by atoms with Crippen LogP contribution in [0.5, 0.6) is 0 Å². The molecule has 0 saturated heterocycles. The molecule has 0 N–H and O–H groups in total. The van der Waals surface area contributed by atoms with Gasteiger partial charge in [-0.3, -0.25) is 0 Å². The molecule has 0 amide bonds. The van der Waals surface area contributed by atoms with Crippen LogP contribution in [0, 0.1) is 3.70 Å². The summed E-state index contributed by atoms with van der Waals surface area (Å²) in [5, 5.41) is 0.233. The third-order valence-electron chi connectivity index (χ3n) is 2.60. The molecule has 3 aromatic rings. The lowest BCUT2D eigenvalue weighted by molar-refractivity contribution is 0.820. The Bertz CT molecular complexity index is 696. The van der Waals surface area contributed by atoms with Crippen LogP contribution in [0.15, 0.2) is 36.7 Å². The molecule has 0 aliphatic heterocycles. The van der Waals surface area contributed by atoms with Gasteiger partial charge in [0.2, 0.25) is 5.28 Å². The fourth-order valence-electron chi connectivity index (χ4n) is 1.81. The zero-order valence-corrected chi connectivity index (χ0v) is 12.1. The van der Waals surface area contributed by atoms with Gasteiger partial charge in [-0.15, -0.1) is 0 Å². The maximum atomic E-state index is 5.82. The molecule has 90 valence electrons. The quantitative estimate of drug-likeness (QED) is 0.395. The molecule has 0 aliphatic rings. The lowest BCUT2D eigenvalue weighted by Crippen LogP contribution is -2.00. The number of halogens is 2. The summed E-state index contributed by atoms with van der Waals surface area (Å²) in [6.07, 6.45) is 1.77. The Hall–Kier alpha value is -1.21. The summed E-state index contributed by atoms with van der Waals surface area (Å²) in [5.74, 6) is 0. The molecule has 0 bridgehead atoms. The Kier molecular flexibility index (Phi) is 3.17. The van der Waals surface area contributed by atoms with Gasteiger partial charge in [-0.25, -0.2) is 9.97 Å². The molecule has 4 nitrogen and oxygen atoms in total. The van der Waals surface area contributed by atoms with E-state index in [0.29, 0.717) is 5.65 Å². The molecule has 2 aromatic heterocycles. The van der Waals surface area contributed by atoms with Crippen molar-refractivity contribution in [3.05, 3.63) is 51.2 Å². The number of hydrogen-bond acceptors (Lipinski definition) is 3. The van der Waals surface area contributed by atoms with Gasteiger partial charge in [-0.2, -0.15) is 4.98 Å². The predicted octanol–water partition coefficient (Wildman–Crippen LogP) is 3.13. The smallest absolute Gasteiger partial charge is 0.225 e. The summed E-state index contributed by atoms with van der Waals surface area (Å²) in [6, 6.07) is 10.2. The normalized spacial score (nSPS) is 11.0. The van der Waals surface area contributed by atoms with Gasteiger partial charge in [-0.05, 0) is 39.8 Å². The van der Waals surface area contributed by atoms with Crippen LogP contribution in [-0.2, 0) is 6.54 Å². The Morgan fingerprint density at radius 1 is 1.17 bits per heavy atom. The van der Waals surface area contributed by atoms with Crippen molar-refractivity contribution in [3.63, 3.8) is 0 Å². The van der Waals surface area contributed by atoms with Crippen molar-refractivity contribution in [2.75, 3.05) is 0 Å². The van der Waals surface area contributed by atoms with Gasteiger partial charge in [0.1, 0.15) is 9.22 Å². The first-order valence-corrected chi connectivity index (χ1v) is 6.77. The van der Waals surface area contributed by atoms with E-state index in [1.54, 1.807) is 6.33 Å². The molecule has 6 heteroatoms. The van der Waals surface area contributed by atoms with E-state index in [1.165, 1.54) is 5.56 Å². The Morgan fingerprint density at radius 3 is 2.72 bits per heavy atom. The lowest BCUT2D eigenvalue weighted by Gasteiger charge is -2.05. The van der Waals surface area contributed by atoms with E-state index < -0.39 is 0 Å². The molecule has 0 unspecified atom stereocenters. The highest BCUT2D eigenvalue weighted by Gasteiger charge is 2.10. The first kappa shape index (κ1) is 11.9. The molecule has 18 heavy (non-hydrogen) atoms. The number of aromatic nitrogens is 4. The highest BCUT2D eigenvalue weighted by Crippen LogP contribution is 2.19. The molecule has 0 aliphatic carbocycles. The zero-order valence-electron chi connectivity index (χ0n) is 9.22. The van der Waals surface area contributed by atoms with Crippen molar-refractivity contribution in [2.24, 2.45) is 0 Å². The van der Waals surface area contributed by atoms with Crippen molar-refractivity contribution in [2.45, 2.75) is 6.54 Å². The molecule has 0 radical (unpaired) electrons. The summed E-state index contributed by atoms with van der Waals surface area (Å²) in [5.41, 5.74) is 2.77. The van der Waals surface area contributed by atoms with Crippen LogP contribution in [-0.4, -0.2) is 19.5 Å². The van der Waals surface area contributed by atoms with Crippen LogP contribution in [0.4, 0.5) is 0 Å². The van der Waals surface area contributed by atoms with Crippen molar-refractivity contribution < 1.29 is 0 Å². The minimum atomic E-state index is 0.233. The summed E-state index contributed by atoms with van der Waals surface area (Å²) >= 11 is 7.97. The fourth-order valence-corrected chi connectivity index (χ4v) is 2.90. The van der Waals surface area contributed by atoms with Gasteiger partial charge in [0.15, 0.2) is 5.65 Å². The summed E-state index contributed by atoms with van der Waals surface area (Å²) in [7, 11) is 0. The second kappa shape index (κ2) is 4.81. The topological polar surface area (TPSA) is 43.6 Å². The number of benzene rings is 1. The second-order valence-electron chi connectivity index (χ2n) is 3.81. The summed E-state index contributed by atoms with van der Waals surface area (Å²) < 4.78 is 2.85. The number of fused-ring (bicyclic) bond motifs is 1. The van der Waals surface area contributed by atoms with Gasteiger partial charge in [-0.1, -0.05) is 30.3 Å². The summed E-state index contributed by atoms with van der Waals surface area (Å²) in [6.45, 7) is 0.748. The minimum absolute atomic E-state index is 0.233. The third-order valence-corrected chi connectivity index (χ3v) is 3.52. The first-order valence-electron chi connectivity index (χ1n) is 5.32. The third kappa shape index (κ3) is 2.20. The lowest BCUT2D eigenvalue weighted by atomic mass is 10.2. The van der Waals surface area contributed by atoms with E-state index in [-0.39, 0.29) is 5.28 Å². The highest BCUT2D eigenvalue weighted by atomic mass is 127. The molecule has 2 heterocycles. The first-order chi connectivity index (χ1) is 8.74. The van der Waals surface area contributed by atoms with Crippen LogP contribution >= 0.6 is 34.2 Å². The van der Waals surface area contributed by atoms with Gasteiger partial charge >= 0.3 is 0 Å². The van der Waals surface area contributed by atoms with Gasteiger partial charge in [0.25, 0.3) is 0 Å². The zero-order chi connectivity index (χ0) is 12.5. The number of rotatable bonds is 2. The Morgan fingerprint density at radius 2 is 1.94 bits per heavy atom. The SMILES string of the molecule is Clc1nc(I)c2c(ncn2Cc2ccccc2)n1. The van der Waals surface area contributed by atoms with E-state index in [0.717, 1.165) is 15.8 Å². The average molecular weight is 371 g/mol. The van der Waals surface area contributed by atoms with E-state index in [1.807, 2.05) is 22.8 Å². The summed E-state index contributed by atoms with van der Waals surface area (Å²) in [4.78, 5) is 12.5. The van der Waals surface area contributed by atoms with E-state index in [4.69, 9.17) is 11.6 Å². The molecular formula is C12H8ClIN4. The minimum Gasteiger partial charge on any atom is -0.323 e. The average Bonchev–Trinajstić information content (AvgIpc) is 2.73. The van der Waals surface area contributed by atoms with Crippen LogP contribution < -0.4 is 0 Å². The molecule has 0 atom stereocenters. The van der Waals surface area contributed by atoms with Crippen LogP contribution in [0.25, 0.3) is 11.2 Å². The van der Waals surface area contributed by atoms with Crippen molar-refractivity contribution in [1.29, 1.82) is 0 Å². The molecule has 1 aromatic carbocycles. The van der Waals surface area contributed by atoms with Crippen LogP contribution in [0.2, 0.25) is 5.28 Å². The Balaban J connectivity index is 2.08. The van der Waals surface area contributed by atoms with Crippen molar-refractivity contribution >= 4 is 45.4 Å². The van der Waals surface area contributed by atoms with Crippen LogP contribution in [0.3, 0.4) is 0 Å². The standard InChI is InChI=1S/C12H8ClIN4/c13-12-16-10(14)9-11(17-12)15-7-18(9)6-8-4-2-1-3-5-8/h1-5,7H,6H2. The van der Waals surface area contributed by atoms with Crippen molar-refractivity contribution in [3.8, 4) is 0 Å². The van der Waals surface area contributed by atoms with Gasteiger partial charge < -0.3 is 4.57 Å². The monoisotopic (exact) mass is 370 g/mol. The van der Waals surface area contributed by atoms with Gasteiger partial charge in [0.05, 0.1) is 6.33 Å². The number of nitrogens with zero attached hydrogens (tertiary/aromatic N) is 4. The molecule has 0 spiro atoms. The largest absolute Gasteiger partial charge is 0.323 e. The molecule has 0 fully saturated rings. The van der Waals surface area contributed by atoms with E-state index >= 15 is 0 Å². The maximum absolute atomic E-state index is 5.82. The number of imidazole rings is 1. The van der Waals surface area contributed by atoms with Crippen LogP contribution in [0.1, 0.15) is 5.56 Å². The molecular weight excluding hydrogens is 363 g/mol. The van der Waals surface area contributed by atoms with E-state index in [2.05, 4.69) is 49.7 Å². The van der Waals surface area contributed by atoms with Crippen molar-refractivity contribution in [1.82, 2.24) is 19.5 Å². The van der Waals surface area contributed by atoms with E-state index in [9.17, 15) is 0 Å². The molecule has 3 rings (SSSR count). The Labute approximate surface area is 122 Å². The van der Waals surface area contributed by atoms with Gasteiger partial charge in [0, 0.05) is 6.54 Å². The second-order valence-corrected chi connectivity index (χ2v) is 5.17. The number of hydrogen-bond donors (Lipinski definition) is 0. The molecule has 0 saturated carbocycles. The predicted molar refractivity (Wildman–Crippen MR) is 78.6 cm³/mol.